The number of carbonyl (C=O) groups is 1. The Morgan fingerprint density at radius 2 is 1.66 bits per heavy atom. The van der Waals surface area contributed by atoms with Crippen LogP contribution >= 0.6 is 0 Å². The van der Waals surface area contributed by atoms with Gasteiger partial charge in [0.1, 0.15) is 12.4 Å². The van der Waals surface area contributed by atoms with Gasteiger partial charge in [0.15, 0.2) is 0 Å². The van der Waals surface area contributed by atoms with E-state index in [-0.39, 0.29) is 17.0 Å². The number of benzene rings is 2. The zero-order valence-electron chi connectivity index (χ0n) is 18.0. The van der Waals surface area contributed by atoms with E-state index >= 15 is 0 Å². The number of rotatable bonds is 5. The average molecular weight is 455 g/mol. The van der Waals surface area contributed by atoms with Gasteiger partial charge in [-0.15, -0.1) is 0 Å². The zero-order valence-corrected chi connectivity index (χ0v) is 18.8. The smallest absolute Gasteiger partial charge is 0.261 e. The summed E-state index contributed by atoms with van der Waals surface area (Å²) in [6, 6.07) is 13.1. The Kier molecular flexibility index (Phi) is 6.38. The molecule has 1 aliphatic heterocycles. The lowest BCUT2D eigenvalue weighted by molar-refractivity contribution is -0.116. The minimum Gasteiger partial charge on any atom is -0.325 e. The van der Waals surface area contributed by atoms with E-state index in [1.807, 2.05) is 6.07 Å². The molecule has 1 fully saturated rings. The maximum atomic E-state index is 12.9. The molecular weight excluding hydrogens is 428 g/mol. The molecule has 2 aromatic carbocycles. The van der Waals surface area contributed by atoms with Gasteiger partial charge < -0.3 is 5.32 Å². The number of sulfonamides is 1. The van der Waals surface area contributed by atoms with Gasteiger partial charge in [-0.2, -0.15) is 4.31 Å². The highest BCUT2D eigenvalue weighted by Crippen LogP contribution is 2.22. The maximum absolute atomic E-state index is 12.9. The summed E-state index contributed by atoms with van der Waals surface area (Å²) in [5.41, 5.74) is 0.777. The molecule has 0 aliphatic carbocycles. The molecule has 1 amide bonds. The highest BCUT2D eigenvalue weighted by molar-refractivity contribution is 7.89. The molecule has 0 atom stereocenters. The molecule has 168 valence electrons. The topological polar surface area (TPSA) is 101 Å². The van der Waals surface area contributed by atoms with Crippen molar-refractivity contribution in [3.05, 3.63) is 64.7 Å². The van der Waals surface area contributed by atoms with E-state index in [1.165, 1.54) is 21.0 Å². The van der Waals surface area contributed by atoms with E-state index in [0.717, 1.165) is 25.7 Å². The van der Waals surface area contributed by atoms with Gasteiger partial charge in [0.25, 0.3) is 5.56 Å². The number of nitrogens with zero attached hydrogens (tertiary/aromatic N) is 3. The molecule has 32 heavy (non-hydrogen) atoms. The number of anilines is 1. The van der Waals surface area contributed by atoms with Crippen LogP contribution in [0.5, 0.6) is 0 Å². The van der Waals surface area contributed by atoms with Gasteiger partial charge in [0.2, 0.25) is 15.9 Å². The molecule has 1 aromatic heterocycles. The van der Waals surface area contributed by atoms with Gasteiger partial charge in [-0.3, -0.25) is 14.2 Å². The van der Waals surface area contributed by atoms with Crippen LogP contribution in [-0.2, 0) is 21.4 Å². The first-order chi connectivity index (χ1) is 15.4. The van der Waals surface area contributed by atoms with E-state index in [0.29, 0.717) is 35.5 Å². The summed E-state index contributed by atoms with van der Waals surface area (Å²) in [6.45, 7) is 2.57. The number of carbonyl (C=O) groups excluding carboxylic acids is 1. The van der Waals surface area contributed by atoms with E-state index < -0.39 is 15.9 Å². The third-order valence-corrected chi connectivity index (χ3v) is 7.61. The summed E-state index contributed by atoms with van der Waals surface area (Å²) in [5.74, 6) is 0.0538. The van der Waals surface area contributed by atoms with Crippen LogP contribution in [0.4, 0.5) is 5.69 Å². The lowest BCUT2D eigenvalue weighted by Gasteiger charge is -2.20. The number of amides is 1. The summed E-state index contributed by atoms with van der Waals surface area (Å²) in [6.07, 6.45) is 3.84. The second-order valence-corrected chi connectivity index (χ2v) is 9.90. The molecule has 9 heteroatoms. The first-order valence-corrected chi connectivity index (χ1v) is 12.2. The molecular formula is C23H26N4O4S. The fourth-order valence-corrected chi connectivity index (χ4v) is 5.47. The highest BCUT2D eigenvalue weighted by Gasteiger charge is 2.25. The number of hydrogen-bond donors (Lipinski definition) is 1. The average Bonchev–Trinajstić information content (AvgIpc) is 3.07. The molecule has 0 bridgehead atoms. The molecule has 8 nitrogen and oxygen atoms in total. The van der Waals surface area contributed by atoms with Gasteiger partial charge in [-0.25, -0.2) is 13.4 Å². The second kappa shape index (κ2) is 9.22. The second-order valence-electron chi connectivity index (χ2n) is 7.96. The number of nitrogens with one attached hydrogen (secondary N) is 1. The third-order valence-electron chi connectivity index (χ3n) is 5.70. The van der Waals surface area contributed by atoms with Crippen molar-refractivity contribution in [2.75, 3.05) is 18.4 Å². The quantitative estimate of drug-likeness (QED) is 0.639. The van der Waals surface area contributed by atoms with Crippen molar-refractivity contribution in [2.45, 2.75) is 44.0 Å². The van der Waals surface area contributed by atoms with Gasteiger partial charge in [-0.05, 0) is 56.2 Å². The standard InChI is InChI=1S/C23H26N4O4S/c1-17-24-21-9-5-4-8-20(21)23(29)27(17)16-22(28)25-18-10-12-19(13-11-18)32(30,31)26-14-6-2-3-7-15-26/h4-5,8-13H,2-3,6-7,14-16H2,1H3,(H,25,28). The Bertz CT molecular complexity index is 1290. The number of aromatic nitrogens is 2. The van der Waals surface area contributed by atoms with Crippen LogP contribution in [0.3, 0.4) is 0 Å². The Hall–Kier alpha value is -3.04. The van der Waals surface area contributed by atoms with Crippen LogP contribution < -0.4 is 10.9 Å². The van der Waals surface area contributed by atoms with Gasteiger partial charge in [-0.1, -0.05) is 25.0 Å². The molecule has 0 radical (unpaired) electrons. The Morgan fingerprint density at radius 1 is 1.00 bits per heavy atom. The first-order valence-electron chi connectivity index (χ1n) is 10.7. The molecule has 0 saturated carbocycles. The molecule has 2 heterocycles. The molecule has 1 saturated heterocycles. The highest BCUT2D eigenvalue weighted by atomic mass is 32.2. The summed E-state index contributed by atoms with van der Waals surface area (Å²) < 4.78 is 28.6. The molecule has 1 aliphatic rings. The number of aryl methyl sites for hydroxylation is 1. The zero-order chi connectivity index (χ0) is 22.7. The third kappa shape index (κ3) is 4.58. The van der Waals surface area contributed by atoms with Gasteiger partial charge >= 0.3 is 0 Å². The fourth-order valence-electron chi connectivity index (χ4n) is 3.95. The van der Waals surface area contributed by atoms with Crippen LogP contribution in [0.2, 0.25) is 0 Å². The number of hydrogen-bond acceptors (Lipinski definition) is 5. The summed E-state index contributed by atoms with van der Waals surface area (Å²) in [4.78, 5) is 29.9. The van der Waals surface area contributed by atoms with E-state index in [9.17, 15) is 18.0 Å². The minimum atomic E-state index is -3.54. The molecule has 4 rings (SSSR count). The van der Waals surface area contributed by atoms with Crippen LogP contribution in [0, 0.1) is 6.92 Å². The largest absolute Gasteiger partial charge is 0.325 e. The van der Waals surface area contributed by atoms with Gasteiger partial charge in [0.05, 0.1) is 15.8 Å². The fraction of sp³-hybridized carbons (Fsp3) is 0.348. The van der Waals surface area contributed by atoms with E-state index in [1.54, 1.807) is 37.3 Å². The lowest BCUT2D eigenvalue weighted by Crippen LogP contribution is -2.32. The predicted octanol–water partition coefficient (Wildman–Crippen LogP) is 2.91. The SMILES string of the molecule is Cc1nc2ccccc2c(=O)n1CC(=O)Nc1ccc(S(=O)(=O)N2CCCCCC2)cc1. The van der Waals surface area contributed by atoms with Crippen LogP contribution in [0.15, 0.2) is 58.2 Å². The molecule has 3 aromatic rings. The molecule has 0 unspecified atom stereocenters. The molecule has 1 N–H and O–H groups in total. The van der Waals surface area contributed by atoms with E-state index in [4.69, 9.17) is 0 Å². The normalized spacial score (nSPS) is 15.4. The van der Waals surface area contributed by atoms with Crippen molar-refractivity contribution in [1.82, 2.24) is 13.9 Å². The van der Waals surface area contributed by atoms with E-state index in [2.05, 4.69) is 10.3 Å². The Balaban J connectivity index is 1.48. The minimum absolute atomic E-state index is 0.184. The van der Waals surface area contributed by atoms with Crippen molar-refractivity contribution in [3.8, 4) is 0 Å². The Morgan fingerprint density at radius 3 is 2.34 bits per heavy atom. The Labute approximate surface area is 186 Å². The monoisotopic (exact) mass is 454 g/mol. The van der Waals surface area contributed by atoms with Crippen molar-refractivity contribution >= 4 is 32.5 Å². The lowest BCUT2D eigenvalue weighted by atomic mass is 10.2. The number of para-hydroxylation sites is 1. The maximum Gasteiger partial charge on any atom is 0.261 e. The van der Waals surface area contributed by atoms with Gasteiger partial charge in [0, 0.05) is 18.8 Å². The van der Waals surface area contributed by atoms with Crippen molar-refractivity contribution in [1.29, 1.82) is 0 Å². The summed E-state index contributed by atoms with van der Waals surface area (Å²) >= 11 is 0. The first kappa shape index (κ1) is 22.2. The van der Waals surface area contributed by atoms with Crippen molar-refractivity contribution < 1.29 is 13.2 Å². The summed E-state index contributed by atoms with van der Waals surface area (Å²) in [5, 5.41) is 3.18. The van der Waals surface area contributed by atoms with Crippen LogP contribution in [0.25, 0.3) is 10.9 Å². The predicted molar refractivity (Wildman–Crippen MR) is 123 cm³/mol. The number of fused-ring (bicyclic) bond motifs is 1. The van der Waals surface area contributed by atoms with Crippen LogP contribution in [-0.4, -0.2) is 41.3 Å². The van der Waals surface area contributed by atoms with Crippen molar-refractivity contribution in [2.24, 2.45) is 0 Å². The summed E-state index contributed by atoms with van der Waals surface area (Å²) in [7, 11) is -3.54. The molecule has 0 spiro atoms. The van der Waals surface area contributed by atoms with Crippen molar-refractivity contribution in [3.63, 3.8) is 0 Å². The van der Waals surface area contributed by atoms with Crippen LogP contribution in [0.1, 0.15) is 31.5 Å².